The highest BCUT2D eigenvalue weighted by Crippen LogP contribution is 2.07. The third-order valence-electron chi connectivity index (χ3n) is 1.74. The van der Waals surface area contributed by atoms with Crippen LogP contribution in [-0.4, -0.2) is 6.04 Å². The van der Waals surface area contributed by atoms with Crippen LogP contribution in [0.25, 0.3) is 0 Å². The number of hydrogen-bond donors (Lipinski definition) is 1. The molecule has 1 atom stereocenters. The van der Waals surface area contributed by atoms with Gasteiger partial charge in [-0.05, 0) is 18.9 Å². The molecule has 0 bridgehead atoms. The molecule has 1 heteroatoms. The van der Waals surface area contributed by atoms with E-state index in [2.05, 4.69) is 13.5 Å². The minimum Gasteiger partial charge on any atom is -0.324 e. The molecule has 0 aliphatic carbocycles. The molecule has 0 amide bonds. The van der Waals surface area contributed by atoms with Gasteiger partial charge in [0.25, 0.3) is 0 Å². The summed E-state index contributed by atoms with van der Waals surface area (Å²) in [6.07, 6.45) is 9.97. The zero-order chi connectivity index (χ0) is 9.40. The van der Waals surface area contributed by atoms with Crippen molar-refractivity contribution in [2.24, 2.45) is 5.73 Å². The van der Waals surface area contributed by atoms with Gasteiger partial charge in [0.2, 0.25) is 0 Å². The molecule has 0 radical (unpaired) electrons. The number of allylic oxidation sites excluding steroid dienone is 3. The van der Waals surface area contributed by atoms with Crippen molar-refractivity contribution in [2.75, 3.05) is 0 Å². The summed E-state index contributed by atoms with van der Waals surface area (Å²) in [5, 5.41) is 0. The maximum absolute atomic E-state index is 5.91. The summed E-state index contributed by atoms with van der Waals surface area (Å²) in [4.78, 5) is 0. The van der Waals surface area contributed by atoms with E-state index in [-0.39, 0.29) is 6.04 Å². The van der Waals surface area contributed by atoms with Crippen molar-refractivity contribution in [1.29, 1.82) is 0 Å². The lowest BCUT2D eigenvalue weighted by Gasteiger charge is -2.10. The molecule has 0 aromatic rings. The third kappa shape index (κ3) is 4.14. The zero-order valence-electron chi connectivity index (χ0n) is 8.09. The van der Waals surface area contributed by atoms with Crippen LogP contribution >= 0.6 is 0 Å². The molecular weight excluding hydrogens is 146 g/mol. The fourth-order valence-corrected chi connectivity index (χ4v) is 1.03. The lowest BCUT2D eigenvalue weighted by atomic mass is 10.0. The molecule has 0 aliphatic heterocycles. The predicted octanol–water partition coefficient (Wildman–Crippen LogP) is 2.80. The first-order valence-electron chi connectivity index (χ1n) is 4.47. The number of nitrogens with two attached hydrogens (primary N) is 1. The van der Waals surface area contributed by atoms with Gasteiger partial charge in [0, 0.05) is 6.04 Å². The summed E-state index contributed by atoms with van der Waals surface area (Å²) < 4.78 is 0. The maximum Gasteiger partial charge on any atom is 0.0294 e. The molecule has 1 nitrogen and oxygen atoms in total. The van der Waals surface area contributed by atoms with Crippen LogP contribution in [0.5, 0.6) is 0 Å². The van der Waals surface area contributed by atoms with Crippen molar-refractivity contribution in [2.45, 2.75) is 32.7 Å². The van der Waals surface area contributed by atoms with E-state index in [4.69, 9.17) is 5.73 Å². The second-order valence-electron chi connectivity index (χ2n) is 2.79. The standard InChI is InChI=1S/C11H19N/c1-4-7-9-10(6-3)11(12)8-5-2/h4,6-7,9,11H,3,5,8,12H2,1-2H3/b7-4-,10-9+. The van der Waals surface area contributed by atoms with E-state index in [9.17, 15) is 0 Å². The van der Waals surface area contributed by atoms with Crippen LogP contribution in [-0.2, 0) is 0 Å². The molecule has 68 valence electrons. The van der Waals surface area contributed by atoms with Crippen LogP contribution in [0, 0.1) is 0 Å². The van der Waals surface area contributed by atoms with Gasteiger partial charge in [-0.15, -0.1) is 0 Å². The smallest absolute Gasteiger partial charge is 0.0294 e. The van der Waals surface area contributed by atoms with Crippen molar-refractivity contribution >= 4 is 0 Å². The maximum atomic E-state index is 5.91. The van der Waals surface area contributed by atoms with Crippen molar-refractivity contribution in [1.82, 2.24) is 0 Å². The van der Waals surface area contributed by atoms with E-state index in [1.54, 1.807) is 0 Å². The number of rotatable bonds is 5. The summed E-state index contributed by atoms with van der Waals surface area (Å²) in [7, 11) is 0. The normalized spacial score (nSPS) is 15.1. The van der Waals surface area contributed by atoms with Gasteiger partial charge in [-0.3, -0.25) is 0 Å². The molecule has 0 aromatic heterocycles. The van der Waals surface area contributed by atoms with Gasteiger partial charge in [-0.1, -0.05) is 44.2 Å². The van der Waals surface area contributed by atoms with Gasteiger partial charge in [0.05, 0.1) is 0 Å². The highest BCUT2D eigenvalue weighted by atomic mass is 14.6. The second kappa shape index (κ2) is 6.86. The Morgan fingerprint density at radius 3 is 2.67 bits per heavy atom. The summed E-state index contributed by atoms with van der Waals surface area (Å²) in [5.74, 6) is 0. The lowest BCUT2D eigenvalue weighted by molar-refractivity contribution is 0.685. The topological polar surface area (TPSA) is 26.0 Å². The van der Waals surface area contributed by atoms with Crippen molar-refractivity contribution in [3.05, 3.63) is 36.5 Å². The third-order valence-corrected chi connectivity index (χ3v) is 1.74. The van der Waals surface area contributed by atoms with Crippen LogP contribution in [0.15, 0.2) is 36.5 Å². The Balaban J connectivity index is 4.22. The fourth-order valence-electron chi connectivity index (χ4n) is 1.03. The monoisotopic (exact) mass is 165 g/mol. The van der Waals surface area contributed by atoms with Gasteiger partial charge in [0.15, 0.2) is 0 Å². The van der Waals surface area contributed by atoms with Crippen molar-refractivity contribution in [3.8, 4) is 0 Å². The van der Waals surface area contributed by atoms with Crippen LogP contribution in [0.3, 0.4) is 0 Å². The molecule has 0 spiro atoms. The predicted molar refractivity (Wildman–Crippen MR) is 56.0 cm³/mol. The van der Waals surface area contributed by atoms with Gasteiger partial charge >= 0.3 is 0 Å². The van der Waals surface area contributed by atoms with Crippen LogP contribution in [0.2, 0.25) is 0 Å². The summed E-state index contributed by atoms with van der Waals surface area (Å²) in [6.45, 7) is 7.86. The quantitative estimate of drug-likeness (QED) is 0.623. The molecule has 0 aliphatic rings. The summed E-state index contributed by atoms with van der Waals surface area (Å²) in [6, 6.07) is 0.142. The Morgan fingerprint density at radius 2 is 2.25 bits per heavy atom. The largest absolute Gasteiger partial charge is 0.324 e. The Morgan fingerprint density at radius 1 is 1.58 bits per heavy atom. The van der Waals surface area contributed by atoms with E-state index in [1.807, 2.05) is 31.2 Å². The van der Waals surface area contributed by atoms with Crippen LogP contribution in [0.4, 0.5) is 0 Å². The molecule has 0 saturated heterocycles. The summed E-state index contributed by atoms with van der Waals surface area (Å²) in [5.41, 5.74) is 7.03. The Kier molecular flexibility index (Phi) is 6.39. The average Bonchev–Trinajstić information content (AvgIpc) is 2.06. The molecule has 1 unspecified atom stereocenters. The molecule has 0 fully saturated rings. The fraction of sp³-hybridized carbons (Fsp3) is 0.455. The van der Waals surface area contributed by atoms with Crippen LogP contribution < -0.4 is 5.73 Å². The first-order valence-corrected chi connectivity index (χ1v) is 4.47. The van der Waals surface area contributed by atoms with Gasteiger partial charge in [-0.25, -0.2) is 0 Å². The highest BCUT2D eigenvalue weighted by Gasteiger charge is 2.02. The van der Waals surface area contributed by atoms with E-state index >= 15 is 0 Å². The summed E-state index contributed by atoms with van der Waals surface area (Å²) >= 11 is 0. The molecule has 12 heavy (non-hydrogen) atoms. The van der Waals surface area contributed by atoms with E-state index < -0.39 is 0 Å². The van der Waals surface area contributed by atoms with E-state index in [0.29, 0.717) is 0 Å². The Bertz CT molecular complexity index is 177. The molecule has 0 heterocycles. The first kappa shape index (κ1) is 11.2. The molecular formula is C11H19N. The van der Waals surface area contributed by atoms with E-state index in [0.717, 1.165) is 18.4 Å². The van der Waals surface area contributed by atoms with Crippen molar-refractivity contribution < 1.29 is 0 Å². The second-order valence-corrected chi connectivity index (χ2v) is 2.79. The number of hydrogen-bond acceptors (Lipinski definition) is 1. The van der Waals surface area contributed by atoms with Crippen LogP contribution in [0.1, 0.15) is 26.7 Å². The first-order chi connectivity index (χ1) is 5.76. The SMILES string of the molecule is C=C/C(=C\C=C/C)C(N)CCC. The Hall–Kier alpha value is -0.820. The van der Waals surface area contributed by atoms with Crippen molar-refractivity contribution in [3.63, 3.8) is 0 Å². The Labute approximate surface area is 75.7 Å². The van der Waals surface area contributed by atoms with Gasteiger partial charge in [-0.2, -0.15) is 0 Å². The minimum atomic E-state index is 0.142. The molecule has 0 saturated carbocycles. The lowest BCUT2D eigenvalue weighted by Crippen LogP contribution is -2.21. The van der Waals surface area contributed by atoms with E-state index in [1.165, 1.54) is 0 Å². The average molecular weight is 165 g/mol. The molecule has 0 aromatic carbocycles. The van der Waals surface area contributed by atoms with Gasteiger partial charge in [0.1, 0.15) is 0 Å². The molecule has 2 N–H and O–H groups in total. The highest BCUT2D eigenvalue weighted by molar-refractivity contribution is 5.26. The van der Waals surface area contributed by atoms with Gasteiger partial charge < -0.3 is 5.73 Å². The molecule has 0 rings (SSSR count). The minimum absolute atomic E-state index is 0.142. The zero-order valence-corrected chi connectivity index (χ0v) is 8.09.